The maximum Gasteiger partial charge on any atom is 0.392 e. The number of aliphatic hydroxyl groups is 1. The first-order chi connectivity index (χ1) is 13.1. The maximum atomic E-state index is 13.0. The molecule has 0 aromatic heterocycles. The van der Waals surface area contributed by atoms with E-state index in [1.54, 1.807) is 0 Å². The van der Waals surface area contributed by atoms with Gasteiger partial charge in [0.2, 0.25) is 0 Å². The molecule has 1 N–H and O–H groups in total. The highest BCUT2D eigenvalue weighted by molar-refractivity contribution is 6.99. The van der Waals surface area contributed by atoms with Gasteiger partial charge in [0.1, 0.15) is 0 Å². The molecule has 6 heteroatoms. The molecule has 0 atom stereocenters. The largest absolute Gasteiger partial charge is 0.403 e. The molecule has 28 heavy (non-hydrogen) atoms. The average molecular weight is 409 g/mol. The number of aliphatic hydroxyl groups excluding tert-OH is 1. The van der Waals surface area contributed by atoms with E-state index in [4.69, 9.17) is 9.53 Å². The summed E-state index contributed by atoms with van der Waals surface area (Å²) < 4.78 is 45.4. The van der Waals surface area contributed by atoms with E-state index >= 15 is 0 Å². The van der Waals surface area contributed by atoms with Crippen molar-refractivity contribution < 1.29 is 22.7 Å². The summed E-state index contributed by atoms with van der Waals surface area (Å²) in [5.41, 5.74) is 0.0444. The maximum absolute atomic E-state index is 13.0. The lowest BCUT2D eigenvalue weighted by Gasteiger charge is -2.43. The van der Waals surface area contributed by atoms with Gasteiger partial charge in [0.25, 0.3) is 8.32 Å². The molecular formula is C22H27F3O2Si. The molecule has 2 rings (SSSR count). The molecule has 0 aliphatic heterocycles. The number of benzene rings is 2. The average Bonchev–Trinajstić information content (AvgIpc) is 2.62. The van der Waals surface area contributed by atoms with Crippen LogP contribution in [0.15, 0.2) is 72.3 Å². The molecule has 0 aliphatic rings. The minimum atomic E-state index is -4.35. The summed E-state index contributed by atoms with van der Waals surface area (Å²) in [5, 5.41) is 10.9. The third kappa shape index (κ3) is 5.34. The number of hydrogen-bond donors (Lipinski definition) is 1. The zero-order chi connectivity index (χ0) is 20.8. The van der Waals surface area contributed by atoms with Gasteiger partial charge in [0.05, 0.1) is 19.6 Å². The topological polar surface area (TPSA) is 29.5 Å². The van der Waals surface area contributed by atoms with Crippen LogP contribution in [0.2, 0.25) is 5.04 Å². The molecule has 0 bridgehead atoms. The van der Waals surface area contributed by atoms with Crippen LogP contribution in [-0.2, 0) is 4.43 Å². The molecule has 0 amide bonds. The second-order valence-corrected chi connectivity index (χ2v) is 12.1. The first-order valence-corrected chi connectivity index (χ1v) is 11.1. The number of rotatable bonds is 7. The van der Waals surface area contributed by atoms with Crippen LogP contribution in [0.3, 0.4) is 0 Å². The van der Waals surface area contributed by atoms with Crippen molar-refractivity contribution >= 4 is 18.7 Å². The SMILES string of the molecule is CC(C)(C)[Si](OC/C(=C/CO)CC(F)(F)F)(c1ccccc1)c1ccccc1. The highest BCUT2D eigenvalue weighted by Crippen LogP contribution is 2.37. The predicted octanol–water partition coefficient (Wildman–Crippen LogP) is 4.43. The Morgan fingerprint density at radius 1 is 0.929 bits per heavy atom. The second kappa shape index (κ2) is 9.07. The summed E-state index contributed by atoms with van der Waals surface area (Å²) in [6, 6.07) is 19.5. The van der Waals surface area contributed by atoms with Gasteiger partial charge in [-0.1, -0.05) is 87.5 Å². The van der Waals surface area contributed by atoms with Crippen molar-refractivity contribution in [3.63, 3.8) is 0 Å². The van der Waals surface area contributed by atoms with Gasteiger partial charge in [-0.25, -0.2) is 0 Å². The molecule has 0 heterocycles. The van der Waals surface area contributed by atoms with E-state index in [1.165, 1.54) is 6.08 Å². The summed E-state index contributed by atoms with van der Waals surface area (Å²) in [4.78, 5) is 0. The van der Waals surface area contributed by atoms with Crippen LogP contribution >= 0.6 is 0 Å². The Labute approximate surface area is 165 Å². The first kappa shape index (κ1) is 22.4. The van der Waals surface area contributed by atoms with Gasteiger partial charge in [0.15, 0.2) is 0 Å². The van der Waals surface area contributed by atoms with Crippen molar-refractivity contribution in [2.24, 2.45) is 0 Å². The number of alkyl halides is 3. The summed E-state index contributed by atoms with van der Waals surface area (Å²) in [5.74, 6) is 0. The van der Waals surface area contributed by atoms with Gasteiger partial charge >= 0.3 is 6.18 Å². The van der Waals surface area contributed by atoms with Crippen molar-refractivity contribution in [1.29, 1.82) is 0 Å². The monoisotopic (exact) mass is 408 g/mol. The molecule has 0 unspecified atom stereocenters. The summed E-state index contributed by atoms with van der Waals surface area (Å²) >= 11 is 0. The lowest BCUT2D eigenvalue weighted by Crippen LogP contribution is -2.66. The number of hydrogen-bond acceptors (Lipinski definition) is 2. The standard InChI is InChI=1S/C22H27F3O2Si/c1-21(2,3)28(19-10-6-4-7-11-19,20-12-8-5-9-13-20)27-17-18(14-15-26)16-22(23,24)25/h4-14,26H,15-17H2,1-3H3/b18-14+. The molecular weight excluding hydrogens is 381 g/mol. The molecule has 0 spiro atoms. The van der Waals surface area contributed by atoms with Crippen LogP contribution in [-0.4, -0.2) is 32.8 Å². The first-order valence-electron chi connectivity index (χ1n) is 9.20. The van der Waals surface area contributed by atoms with Gasteiger partial charge in [-0.2, -0.15) is 13.2 Å². The van der Waals surface area contributed by atoms with E-state index in [-0.39, 0.29) is 17.2 Å². The van der Waals surface area contributed by atoms with E-state index in [0.717, 1.165) is 10.4 Å². The normalized spacial score (nSPS) is 13.6. The smallest absolute Gasteiger partial charge is 0.392 e. The summed E-state index contributed by atoms with van der Waals surface area (Å²) in [6.07, 6.45) is -4.24. The van der Waals surface area contributed by atoms with Crippen LogP contribution in [0, 0.1) is 0 Å². The van der Waals surface area contributed by atoms with E-state index in [2.05, 4.69) is 20.8 Å². The highest BCUT2D eigenvalue weighted by atomic mass is 28.4. The molecule has 0 radical (unpaired) electrons. The van der Waals surface area contributed by atoms with Crippen molar-refractivity contribution in [1.82, 2.24) is 0 Å². The fourth-order valence-electron chi connectivity index (χ4n) is 3.53. The van der Waals surface area contributed by atoms with Gasteiger partial charge in [-0.3, -0.25) is 0 Å². The van der Waals surface area contributed by atoms with Crippen LogP contribution in [0.25, 0.3) is 0 Å². The van der Waals surface area contributed by atoms with Crippen LogP contribution in [0.4, 0.5) is 13.2 Å². The molecule has 2 aromatic rings. The highest BCUT2D eigenvalue weighted by Gasteiger charge is 2.50. The van der Waals surface area contributed by atoms with Crippen molar-refractivity contribution in [3.05, 3.63) is 72.3 Å². The van der Waals surface area contributed by atoms with Gasteiger partial charge < -0.3 is 9.53 Å². The second-order valence-electron chi connectivity index (χ2n) is 7.79. The van der Waals surface area contributed by atoms with Crippen molar-refractivity contribution in [2.45, 2.75) is 38.4 Å². The Kier molecular flexibility index (Phi) is 7.26. The van der Waals surface area contributed by atoms with E-state index in [0.29, 0.717) is 0 Å². The Morgan fingerprint density at radius 3 is 1.75 bits per heavy atom. The van der Waals surface area contributed by atoms with Crippen molar-refractivity contribution in [2.75, 3.05) is 13.2 Å². The Bertz CT molecular complexity index is 726. The zero-order valence-electron chi connectivity index (χ0n) is 16.5. The van der Waals surface area contributed by atoms with Gasteiger partial charge in [-0.15, -0.1) is 0 Å². The minimum Gasteiger partial charge on any atom is -0.403 e. The lowest BCUT2D eigenvalue weighted by atomic mass is 10.2. The quantitative estimate of drug-likeness (QED) is 0.542. The minimum absolute atomic E-state index is 0.0444. The summed E-state index contributed by atoms with van der Waals surface area (Å²) in [7, 11) is -2.91. The zero-order valence-corrected chi connectivity index (χ0v) is 17.5. The molecule has 0 aliphatic carbocycles. The lowest BCUT2D eigenvalue weighted by molar-refractivity contribution is -0.128. The Hall–Kier alpha value is -1.89. The number of halogens is 3. The molecule has 2 aromatic carbocycles. The van der Waals surface area contributed by atoms with E-state index in [1.807, 2.05) is 60.7 Å². The van der Waals surface area contributed by atoms with E-state index < -0.39 is 27.5 Å². The molecule has 0 fully saturated rings. The Balaban J connectivity index is 2.54. The molecule has 0 saturated heterocycles. The molecule has 2 nitrogen and oxygen atoms in total. The fraction of sp³-hybridized carbons (Fsp3) is 0.364. The van der Waals surface area contributed by atoms with E-state index in [9.17, 15) is 13.2 Å². The van der Waals surface area contributed by atoms with Crippen LogP contribution < -0.4 is 10.4 Å². The third-order valence-corrected chi connectivity index (χ3v) is 9.68. The van der Waals surface area contributed by atoms with Gasteiger partial charge in [0, 0.05) is 0 Å². The summed E-state index contributed by atoms with van der Waals surface area (Å²) in [6.45, 7) is 5.58. The van der Waals surface area contributed by atoms with Crippen molar-refractivity contribution in [3.8, 4) is 0 Å². The molecule has 0 saturated carbocycles. The van der Waals surface area contributed by atoms with Crippen LogP contribution in [0.1, 0.15) is 27.2 Å². The third-order valence-electron chi connectivity index (χ3n) is 4.70. The molecule has 152 valence electrons. The van der Waals surface area contributed by atoms with Gasteiger partial charge in [-0.05, 0) is 21.0 Å². The van der Waals surface area contributed by atoms with Crippen LogP contribution in [0.5, 0.6) is 0 Å². The fourth-order valence-corrected chi connectivity index (χ4v) is 8.09. The Morgan fingerprint density at radius 2 is 1.39 bits per heavy atom. The predicted molar refractivity (Wildman–Crippen MR) is 109 cm³/mol.